The summed E-state index contributed by atoms with van der Waals surface area (Å²) in [5.74, 6) is 3.14. The van der Waals surface area contributed by atoms with Crippen LogP contribution in [0, 0.1) is 12.3 Å². The number of halogens is 1. The van der Waals surface area contributed by atoms with Gasteiger partial charge >= 0.3 is 0 Å². The maximum atomic E-state index is 6.26. The Balaban J connectivity index is 1.71. The number of terminal acetylenes is 1. The van der Waals surface area contributed by atoms with Crippen molar-refractivity contribution in [3.05, 3.63) is 52.8 Å². The molecule has 5 nitrogen and oxygen atoms in total. The Bertz CT molecular complexity index is 1110. The molecule has 1 aromatic carbocycles. The minimum Gasteiger partial charge on any atom is -0.495 e. The number of ether oxygens (including phenoxy) is 1. The molecule has 142 valence electrons. The molecule has 3 heterocycles. The van der Waals surface area contributed by atoms with Gasteiger partial charge in [-0.1, -0.05) is 23.6 Å². The molecule has 0 fully saturated rings. The van der Waals surface area contributed by atoms with Gasteiger partial charge in [0, 0.05) is 47.7 Å². The first-order chi connectivity index (χ1) is 13.6. The van der Waals surface area contributed by atoms with Gasteiger partial charge in [-0.05, 0) is 37.2 Å². The molecule has 0 saturated carbocycles. The summed E-state index contributed by atoms with van der Waals surface area (Å²) in [4.78, 5) is 10.2. The van der Waals surface area contributed by atoms with Gasteiger partial charge in [-0.2, -0.15) is 0 Å². The number of nitrogens with zero attached hydrogens (tertiary/aromatic N) is 2. The molecule has 4 rings (SSSR count). The molecule has 2 aromatic heterocycles. The van der Waals surface area contributed by atoms with Crippen LogP contribution in [-0.4, -0.2) is 42.1 Å². The summed E-state index contributed by atoms with van der Waals surface area (Å²) in [6, 6.07) is 7.77. The van der Waals surface area contributed by atoms with Crippen molar-refractivity contribution in [2.24, 2.45) is 0 Å². The molecular weight excluding hydrogens is 372 g/mol. The Morgan fingerprint density at radius 1 is 1.36 bits per heavy atom. The Kier molecular flexibility index (Phi) is 4.99. The predicted octanol–water partition coefficient (Wildman–Crippen LogP) is 4.67. The summed E-state index contributed by atoms with van der Waals surface area (Å²) < 4.78 is 5.35. The average Bonchev–Trinajstić information content (AvgIpc) is 3.15. The SMILES string of the molecule is C#Cc1cc(Nc2ccnc3[nH]c(C4=CCN(C)CC4)cc23)cc(OC)c1Cl. The summed E-state index contributed by atoms with van der Waals surface area (Å²) in [5.41, 5.74) is 5.61. The summed E-state index contributed by atoms with van der Waals surface area (Å²) in [6.45, 7) is 2.02. The molecule has 0 spiro atoms. The molecule has 1 aliphatic rings. The normalized spacial score (nSPS) is 14.6. The quantitative estimate of drug-likeness (QED) is 0.633. The molecular formula is C22H21ClN4O. The van der Waals surface area contributed by atoms with E-state index in [1.54, 1.807) is 13.3 Å². The molecule has 28 heavy (non-hydrogen) atoms. The minimum absolute atomic E-state index is 0.438. The average molecular weight is 393 g/mol. The van der Waals surface area contributed by atoms with Gasteiger partial charge in [-0.25, -0.2) is 4.98 Å². The lowest BCUT2D eigenvalue weighted by molar-refractivity contribution is 0.370. The number of methoxy groups -OCH3 is 1. The molecule has 0 saturated heterocycles. The zero-order valence-electron chi connectivity index (χ0n) is 15.8. The van der Waals surface area contributed by atoms with Crippen molar-refractivity contribution in [1.29, 1.82) is 0 Å². The van der Waals surface area contributed by atoms with Gasteiger partial charge in [0.15, 0.2) is 0 Å². The van der Waals surface area contributed by atoms with E-state index in [-0.39, 0.29) is 0 Å². The Hall–Kier alpha value is -2.94. The molecule has 0 bridgehead atoms. The number of nitrogens with one attached hydrogen (secondary N) is 2. The van der Waals surface area contributed by atoms with Crippen molar-refractivity contribution in [1.82, 2.24) is 14.9 Å². The van der Waals surface area contributed by atoms with E-state index in [9.17, 15) is 0 Å². The van der Waals surface area contributed by atoms with Crippen LogP contribution in [0.25, 0.3) is 16.6 Å². The summed E-state index contributed by atoms with van der Waals surface area (Å²) in [7, 11) is 3.70. The van der Waals surface area contributed by atoms with Crippen molar-refractivity contribution >= 4 is 39.6 Å². The topological polar surface area (TPSA) is 53.2 Å². The maximum Gasteiger partial charge on any atom is 0.140 e. The number of aromatic nitrogens is 2. The lowest BCUT2D eigenvalue weighted by atomic mass is 10.1. The molecule has 0 amide bonds. The highest BCUT2D eigenvalue weighted by atomic mass is 35.5. The van der Waals surface area contributed by atoms with Gasteiger partial charge in [0.2, 0.25) is 0 Å². The van der Waals surface area contributed by atoms with Crippen LogP contribution in [-0.2, 0) is 0 Å². The van der Waals surface area contributed by atoms with Gasteiger partial charge in [-0.15, -0.1) is 6.42 Å². The van der Waals surface area contributed by atoms with Crippen LogP contribution in [0.15, 0.2) is 36.5 Å². The van der Waals surface area contributed by atoms with Crippen molar-refractivity contribution < 1.29 is 4.74 Å². The van der Waals surface area contributed by atoms with Crippen molar-refractivity contribution in [2.45, 2.75) is 6.42 Å². The first-order valence-electron chi connectivity index (χ1n) is 9.06. The highest BCUT2D eigenvalue weighted by Crippen LogP contribution is 2.35. The fraction of sp³-hybridized carbons (Fsp3) is 0.227. The standard InChI is InChI=1S/C22H21ClN4O/c1-4-14-11-16(12-20(28-3)21(14)23)25-18-5-8-24-22-17(18)13-19(26-22)15-6-9-27(2)10-7-15/h1,5-6,8,11-13H,7,9-10H2,2-3H3,(H2,24,25,26). The lowest BCUT2D eigenvalue weighted by Gasteiger charge is -2.21. The Labute approximate surface area is 169 Å². The number of aromatic amines is 1. The van der Waals surface area contributed by atoms with Crippen molar-refractivity contribution in [3.63, 3.8) is 0 Å². The van der Waals surface area contributed by atoms with Crippen LogP contribution in [0.2, 0.25) is 5.02 Å². The monoisotopic (exact) mass is 392 g/mol. The molecule has 2 N–H and O–H groups in total. The van der Waals surface area contributed by atoms with E-state index in [2.05, 4.69) is 45.3 Å². The third-order valence-corrected chi connectivity index (χ3v) is 5.37. The van der Waals surface area contributed by atoms with E-state index in [4.69, 9.17) is 22.8 Å². The number of likely N-dealkylation sites (N-methyl/N-ethyl adjacent to an activating group) is 1. The molecule has 0 unspecified atom stereocenters. The van der Waals surface area contributed by atoms with E-state index >= 15 is 0 Å². The molecule has 0 radical (unpaired) electrons. The summed E-state index contributed by atoms with van der Waals surface area (Å²) in [6.07, 6.45) is 10.6. The number of hydrogen-bond donors (Lipinski definition) is 2. The van der Waals surface area contributed by atoms with E-state index < -0.39 is 0 Å². The number of H-pyrrole nitrogens is 1. The van der Waals surface area contributed by atoms with Crippen LogP contribution in [0.3, 0.4) is 0 Å². The molecule has 0 atom stereocenters. The lowest BCUT2D eigenvalue weighted by Crippen LogP contribution is -2.23. The highest BCUT2D eigenvalue weighted by molar-refractivity contribution is 6.33. The van der Waals surface area contributed by atoms with Crippen LogP contribution in [0.5, 0.6) is 5.75 Å². The van der Waals surface area contributed by atoms with Crippen LogP contribution in [0.4, 0.5) is 11.4 Å². The second-order valence-corrected chi connectivity index (χ2v) is 7.23. The minimum atomic E-state index is 0.438. The van der Waals surface area contributed by atoms with Gasteiger partial charge in [0.05, 0.1) is 17.8 Å². The molecule has 6 heteroatoms. The molecule has 1 aliphatic heterocycles. The smallest absolute Gasteiger partial charge is 0.140 e. The Morgan fingerprint density at radius 3 is 2.93 bits per heavy atom. The van der Waals surface area contributed by atoms with Gasteiger partial charge in [0.25, 0.3) is 0 Å². The zero-order valence-corrected chi connectivity index (χ0v) is 16.6. The van der Waals surface area contributed by atoms with Crippen LogP contribution < -0.4 is 10.1 Å². The second-order valence-electron chi connectivity index (χ2n) is 6.85. The number of benzene rings is 1. The summed E-state index contributed by atoms with van der Waals surface area (Å²) in [5, 5.41) is 4.89. The fourth-order valence-electron chi connectivity index (χ4n) is 3.40. The number of hydrogen-bond acceptors (Lipinski definition) is 4. The summed E-state index contributed by atoms with van der Waals surface area (Å²) >= 11 is 6.26. The van der Waals surface area contributed by atoms with Gasteiger partial charge < -0.3 is 19.9 Å². The van der Waals surface area contributed by atoms with E-state index in [0.29, 0.717) is 16.3 Å². The largest absolute Gasteiger partial charge is 0.495 e. The second kappa shape index (κ2) is 7.59. The molecule has 0 aliphatic carbocycles. The predicted molar refractivity (Wildman–Crippen MR) is 115 cm³/mol. The fourth-order valence-corrected chi connectivity index (χ4v) is 3.64. The Morgan fingerprint density at radius 2 is 2.21 bits per heavy atom. The highest BCUT2D eigenvalue weighted by Gasteiger charge is 2.15. The van der Waals surface area contributed by atoms with Crippen LogP contribution in [0.1, 0.15) is 17.7 Å². The number of fused-ring (bicyclic) bond motifs is 1. The third kappa shape index (κ3) is 3.45. The van der Waals surface area contributed by atoms with E-state index in [1.807, 2.05) is 18.2 Å². The van der Waals surface area contributed by atoms with Gasteiger partial charge in [0.1, 0.15) is 11.4 Å². The first kappa shape index (κ1) is 18.4. The van der Waals surface area contributed by atoms with Crippen LogP contribution >= 0.6 is 11.6 Å². The van der Waals surface area contributed by atoms with Gasteiger partial charge in [-0.3, -0.25) is 0 Å². The number of rotatable bonds is 4. The van der Waals surface area contributed by atoms with E-state index in [1.165, 1.54) is 5.57 Å². The third-order valence-electron chi connectivity index (χ3n) is 4.98. The van der Waals surface area contributed by atoms with E-state index in [0.717, 1.165) is 47.6 Å². The maximum absolute atomic E-state index is 6.26. The first-order valence-corrected chi connectivity index (χ1v) is 9.43. The number of anilines is 2. The molecule has 3 aromatic rings. The van der Waals surface area contributed by atoms with Crippen molar-refractivity contribution in [3.8, 4) is 18.1 Å². The number of pyridine rings is 1. The zero-order chi connectivity index (χ0) is 19.7. The van der Waals surface area contributed by atoms with Crippen molar-refractivity contribution in [2.75, 3.05) is 32.6 Å².